The zero-order chi connectivity index (χ0) is 27.5. The molecular formula is C32H52O4S2. The van der Waals surface area contributed by atoms with E-state index in [2.05, 4.69) is 40.7 Å². The molecule has 9 atom stereocenters. The predicted molar refractivity (Wildman–Crippen MR) is 160 cm³/mol. The number of carboxylic acid groups (broad SMARTS) is 1. The van der Waals surface area contributed by atoms with E-state index < -0.39 is 5.97 Å². The number of carbonyl (C=O) groups is 2. The van der Waals surface area contributed by atoms with E-state index in [1.165, 1.54) is 79.4 Å². The number of carbonyl (C=O) groups excluding carboxylic acids is 1. The quantitative estimate of drug-likeness (QED) is 0.138. The fourth-order valence-electron chi connectivity index (χ4n) is 9.29. The Labute approximate surface area is 239 Å². The van der Waals surface area contributed by atoms with Gasteiger partial charge in [-0.1, -0.05) is 87.1 Å². The van der Waals surface area contributed by atoms with E-state index in [1.807, 2.05) is 0 Å². The van der Waals surface area contributed by atoms with E-state index in [1.54, 1.807) is 5.57 Å². The molecule has 4 nitrogen and oxygen atoms in total. The zero-order valence-electron chi connectivity index (χ0n) is 24.5. The summed E-state index contributed by atoms with van der Waals surface area (Å²) in [4.78, 5) is 22.2. The predicted octanol–water partition coefficient (Wildman–Crippen LogP) is 8.45. The molecule has 38 heavy (non-hydrogen) atoms. The normalized spacial score (nSPS) is 38.1. The third kappa shape index (κ3) is 6.54. The van der Waals surface area contributed by atoms with Crippen molar-refractivity contribution in [1.82, 2.24) is 0 Å². The maximum absolute atomic E-state index is 11.5. The molecule has 1 unspecified atom stereocenters. The molecule has 0 radical (unpaired) electrons. The average molecular weight is 565 g/mol. The minimum Gasteiger partial charge on any atom is -0.481 e. The molecule has 0 aromatic rings. The van der Waals surface area contributed by atoms with Crippen molar-refractivity contribution in [2.45, 2.75) is 117 Å². The number of fused-ring (bicyclic) bond motifs is 5. The topological polar surface area (TPSA) is 63.6 Å². The SMILES string of the molecule is CC(C)CCC[C@@H](C)[C@H]1CC[C@H]2[C@@H]3CC=C4C[C@@H](OCC(C=O)SSCC(=O)O)CC[C@]4(C)[C@H]3CC[C@]12C. The van der Waals surface area contributed by atoms with Crippen LogP contribution in [-0.2, 0) is 14.3 Å². The molecule has 216 valence electrons. The van der Waals surface area contributed by atoms with E-state index in [-0.39, 0.29) is 17.1 Å². The van der Waals surface area contributed by atoms with Gasteiger partial charge in [0, 0.05) is 0 Å². The number of hydrogen-bond acceptors (Lipinski definition) is 5. The Hall–Kier alpha value is -0.460. The van der Waals surface area contributed by atoms with Crippen LogP contribution >= 0.6 is 21.6 Å². The van der Waals surface area contributed by atoms with Gasteiger partial charge in [0.25, 0.3) is 0 Å². The van der Waals surface area contributed by atoms with Gasteiger partial charge in [0.1, 0.15) is 12.0 Å². The second-order valence-electron chi connectivity index (χ2n) is 13.9. The summed E-state index contributed by atoms with van der Waals surface area (Å²) in [6.45, 7) is 12.9. The van der Waals surface area contributed by atoms with E-state index in [0.29, 0.717) is 17.4 Å². The molecule has 1 N–H and O–H groups in total. The summed E-state index contributed by atoms with van der Waals surface area (Å²) in [5.74, 6) is 4.27. The van der Waals surface area contributed by atoms with Crippen molar-refractivity contribution < 1.29 is 19.4 Å². The van der Waals surface area contributed by atoms with E-state index in [0.717, 1.165) is 54.6 Å². The van der Waals surface area contributed by atoms with Crippen molar-refractivity contribution in [2.24, 2.45) is 46.3 Å². The molecular weight excluding hydrogens is 512 g/mol. The maximum atomic E-state index is 11.5. The Bertz CT molecular complexity index is 858. The number of aliphatic carboxylic acids is 1. The molecule has 0 saturated heterocycles. The van der Waals surface area contributed by atoms with Gasteiger partial charge in [-0.3, -0.25) is 4.79 Å². The van der Waals surface area contributed by atoms with E-state index >= 15 is 0 Å². The fraction of sp³-hybridized carbons (Fsp3) is 0.875. The number of hydrogen-bond donors (Lipinski definition) is 1. The smallest absolute Gasteiger partial charge is 0.314 e. The van der Waals surface area contributed by atoms with Crippen LogP contribution in [0.15, 0.2) is 11.6 Å². The first-order chi connectivity index (χ1) is 18.1. The summed E-state index contributed by atoms with van der Waals surface area (Å²) in [6, 6.07) is 0. The Morgan fingerprint density at radius 1 is 1.13 bits per heavy atom. The number of ether oxygens (including phenoxy) is 1. The van der Waals surface area contributed by atoms with Crippen molar-refractivity contribution in [1.29, 1.82) is 0 Å². The first-order valence-electron chi connectivity index (χ1n) is 15.3. The Kier molecular flexibility index (Phi) is 10.4. The molecule has 0 heterocycles. The molecule has 4 aliphatic carbocycles. The first kappa shape index (κ1) is 30.5. The third-order valence-corrected chi connectivity index (χ3v) is 13.8. The Morgan fingerprint density at radius 2 is 1.92 bits per heavy atom. The molecule has 3 fully saturated rings. The van der Waals surface area contributed by atoms with E-state index in [4.69, 9.17) is 9.84 Å². The number of carboxylic acids is 1. The lowest BCUT2D eigenvalue weighted by molar-refractivity contribution is -0.133. The number of allylic oxidation sites excluding steroid dienone is 1. The van der Waals surface area contributed by atoms with Crippen LogP contribution in [0.5, 0.6) is 0 Å². The molecule has 4 aliphatic rings. The molecule has 0 aliphatic heterocycles. The summed E-state index contributed by atoms with van der Waals surface area (Å²) in [6.07, 6.45) is 18.0. The summed E-state index contributed by atoms with van der Waals surface area (Å²) >= 11 is 0. The van der Waals surface area contributed by atoms with Crippen LogP contribution in [0.1, 0.15) is 105 Å². The molecule has 0 spiro atoms. The standard InChI is InChI=1S/C32H52O4S2/c1-21(2)7-6-8-22(3)27-11-12-28-26-10-9-23-17-24(36-19-25(18-33)38-37-20-30(34)35)13-15-31(23,4)29(26)14-16-32(27,28)5/h9,18,21-22,24-29H,6-8,10-17,19-20H2,1-5H3,(H,34,35)/t22-,24+,25?,26+,27-,28+,29+,31+,32-/m1/s1. The van der Waals surface area contributed by atoms with Gasteiger partial charge in [-0.2, -0.15) is 0 Å². The van der Waals surface area contributed by atoms with Crippen molar-refractivity contribution >= 4 is 33.8 Å². The van der Waals surface area contributed by atoms with Gasteiger partial charge in [0.05, 0.1) is 18.0 Å². The van der Waals surface area contributed by atoms with Crippen LogP contribution in [0.2, 0.25) is 0 Å². The molecule has 0 aromatic carbocycles. The van der Waals surface area contributed by atoms with Crippen LogP contribution in [0, 0.1) is 46.3 Å². The van der Waals surface area contributed by atoms with Gasteiger partial charge in [-0.05, 0) is 97.7 Å². The summed E-state index contributed by atoms with van der Waals surface area (Å²) in [7, 11) is 2.54. The molecule has 3 saturated carbocycles. The summed E-state index contributed by atoms with van der Waals surface area (Å²) < 4.78 is 6.24. The van der Waals surface area contributed by atoms with Crippen LogP contribution < -0.4 is 0 Å². The third-order valence-electron chi connectivity index (χ3n) is 11.3. The Balaban J connectivity index is 1.35. The van der Waals surface area contributed by atoms with Gasteiger partial charge in [0.15, 0.2) is 0 Å². The number of rotatable bonds is 13. The summed E-state index contributed by atoms with van der Waals surface area (Å²) in [5.41, 5.74) is 2.45. The van der Waals surface area contributed by atoms with Crippen LogP contribution in [-0.4, -0.2) is 41.1 Å². The molecule has 0 amide bonds. The molecule has 0 aromatic heterocycles. The van der Waals surface area contributed by atoms with Gasteiger partial charge < -0.3 is 14.6 Å². The monoisotopic (exact) mass is 564 g/mol. The van der Waals surface area contributed by atoms with Gasteiger partial charge in [-0.25, -0.2) is 0 Å². The average Bonchev–Trinajstić information content (AvgIpc) is 3.23. The highest BCUT2D eigenvalue weighted by atomic mass is 33.1. The van der Waals surface area contributed by atoms with Crippen molar-refractivity contribution in [3.8, 4) is 0 Å². The highest BCUT2D eigenvalue weighted by Gasteiger charge is 2.59. The highest BCUT2D eigenvalue weighted by Crippen LogP contribution is 2.67. The largest absolute Gasteiger partial charge is 0.481 e. The fourth-order valence-corrected chi connectivity index (χ4v) is 11.1. The molecule has 4 rings (SSSR count). The van der Waals surface area contributed by atoms with Crippen molar-refractivity contribution in [2.75, 3.05) is 12.4 Å². The minimum absolute atomic E-state index is 0.00403. The highest BCUT2D eigenvalue weighted by molar-refractivity contribution is 8.77. The second kappa shape index (κ2) is 13.0. The van der Waals surface area contributed by atoms with Crippen LogP contribution in [0.4, 0.5) is 0 Å². The first-order valence-corrected chi connectivity index (χ1v) is 17.7. The van der Waals surface area contributed by atoms with E-state index in [9.17, 15) is 9.59 Å². The second-order valence-corrected chi connectivity index (χ2v) is 16.5. The lowest BCUT2D eigenvalue weighted by Crippen LogP contribution is -2.51. The number of aldehydes is 1. The lowest BCUT2D eigenvalue weighted by Gasteiger charge is -2.58. The Morgan fingerprint density at radius 3 is 2.63 bits per heavy atom. The van der Waals surface area contributed by atoms with Crippen LogP contribution in [0.3, 0.4) is 0 Å². The van der Waals surface area contributed by atoms with Gasteiger partial charge >= 0.3 is 5.97 Å². The van der Waals surface area contributed by atoms with Crippen LogP contribution in [0.25, 0.3) is 0 Å². The van der Waals surface area contributed by atoms with Gasteiger partial charge in [0.2, 0.25) is 0 Å². The van der Waals surface area contributed by atoms with Gasteiger partial charge in [-0.15, -0.1) is 0 Å². The minimum atomic E-state index is -0.852. The lowest BCUT2D eigenvalue weighted by atomic mass is 9.47. The molecule has 6 heteroatoms. The van der Waals surface area contributed by atoms with Crippen molar-refractivity contribution in [3.05, 3.63) is 11.6 Å². The van der Waals surface area contributed by atoms with Crippen molar-refractivity contribution in [3.63, 3.8) is 0 Å². The zero-order valence-corrected chi connectivity index (χ0v) is 26.1. The summed E-state index contributed by atoms with van der Waals surface area (Å²) in [5, 5.41) is 8.53. The maximum Gasteiger partial charge on any atom is 0.314 e. The molecule has 0 bridgehead atoms.